The van der Waals surface area contributed by atoms with E-state index in [4.69, 9.17) is 0 Å². The zero-order chi connectivity index (χ0) is 13.7. The standard InChI is InChI=1S/C16H25NOS/c1-16(18)8-5-10-17(11-9-16)12-15(13-19)14-6-3-2-4-7-14/h2-4,6-7,15,18-19H,5,8-13H2,1H3. The smallest absolute Gasteiger partial charge is 0.0632 e. The fraction of sp³-hybridized carbons (Fsp3) is 0.625. The lowest BCUT2D eigenvalue weighted by molar-refractivity contribution is 0.0445. The largest absolute Gasteiger partial charge is 0.390 e. The zero-order valence-corrected chi connectivity index (χ0v) is 12.6. The molecule has 2 unspecified atom stereocenters. The summed E-state index contributed by atoms with van der Waals surface area (Å²) < 4.78 is 0. The SMILES string of the molecule is CC1(O)CCCN(CC(CS)c2ccccc2)CC1. The Morgan fingerprint density at radius 3 is 2.68 bits per heavy atom. The molecule has 0 saturated carbocycles. The molecule has 1 saturated heterocycles. The van der Waals surface area contributed by atoms with Crippen molar-refractivity contribution in [1.82, 2.24) is 4.90 Å². The number of thiol groups is 1. The molecular formula is C16H25NOS. The molecule has 0 aliphatic carbocycles. The van der Waals surface area contributed by atoms with Gasteiger partial charge >= 0.3 is 0 Å². The molecule has 1 aliphatic heterocycles. The summed E-state index contributed by atoms with van der Waals surface area (Å²) in [6.45, 7) is 5.09. The van der Waals surface area contributed by atoms with Crippen LogP contribution >= 0.6 is 12.6 Å². The number of hydrogen-bond acceptors (Lipinski definition) is 3. The Morgan fingerprint density at radius 1 is 1.26 bits per heavy atom. The quantitative estimate of drug-likeness (QED) is 0.828. The molecule has 1 aromatic carbocycles. The number of hydrogen-bond donors (Lipinski definition) is 2. The van der Waals surface area contributed by atoms with Crippen molar-refractivity contribution >= 4 is 12.6 Å². The summed E-state index contributed by atoms with van der Waals surface area (Å²) in [5.74, 6) is 1.35. The molecule has 2 rings (SSSR count). The van der Waals surface area contributed by atoms with Crippen molar-refractivity contribution in [1.29, 1.82) is 0 Å². The van der Waals surface area contributed by atoms with Gasteiger partial charge in [-0.1, -0.05) is 30.3 Å². The van der Waals surface area contributed by atoms with E-state index in [0.717, 1.165) is 44.6 Å². The first-order chi connectivity index (χ1) is 9.11. The van der Waals surface area contributed by atoms with E-state index in [1.165, 1.54) is 5.56 Å². The van der Waals surface area contributed by atoms with Gasteiger partial charge in [-0.3, -0.25) is 0 Å². The van der Waals surface area contributed by atoms with Gasteiger partial charge in [0.2, 0.25) is 0 Å². The lowest BCUT2D eigenvalue weighted by Gasteiger charge is -2.26. The third-order valence-corrected chi connectivity index (χ3v) is 4.57. The monoisotopic (exact) mass is 279 g/mol. The molecule has 0 amide bonds. The summed E-state index contributed by atoms with van der Waals surface area (Å²) in [4.78, 5) is 2.48. The van der Waals surface area contributed by atoms with Crippen molar-refractivity contribution in [3.8, 4) is 0 Å². The summed E-state index contributed by atoms with van der Waals surface area (Å²) in [5, 5.41) is 10.1. The van der Waals surface area contributed by atoms with Gasteiger partial charge in [-0.05, 0) is 44.0 Å². The first-order valence-corrected chi connectivity index (χ1v) is 7.84. The van der Waals surface area contributed by atoms with Crippen LogP contribution in [-0.4, -0.2) is 41.0 Å². The van der Waals surface area contributed by atoms with Crippen LogP contribution in [0, 0.1) is 0 Å². The third-order valence-electron chi connectivity index (χ3n) is 4.13. The second-order valence-electron chi connectivity index (χ2n) is 5.94. The van der Waals surface area contributed by atoms with Crippen LogP contribution in [0.1, 0.15) is 37.7 Å². The predicted octanol–water partition coefficient (Wildman–Crippen LogP) is 2.94. The number of nitrogens with zero attached hydrogens (tertiary/aromatic N) is 1. The minimum absolute atomic E-state index is 0.474. The maximum absolute atomic E-state index is 10.1. The summed E-state index contributed by atoms with van der Waals surface area (Å²) in [7, 11) is 0. The van der Waals surface area contributed by atoms with Gasteiger partial charge in [0, 0.05) is 19.0 Å². The fourth-order valence-electron chi connectivity index (χ4n) is 2.81. The third kappa shape index (κ3) is 4.51. The summed E-state index contributed by atoms with van der Waals surface area (Å²) in [5.41, 5.74) is 0.895. The molecule has 2 nitrogen and oxygen atoms in total. The van der Waals surface area contributed by atoms with E-state index in [1.54, 1.807) is 0 Å². The molecule has 0 spiro atoms. The van der Waals surface area contributed by atoms with Crippen LogP contribution < -0.4 is 0 Å². The van der Waals surface area contributed by atoms with Crippen LogP contribution in [0.4, 0.5) is 0 Å². The highest BCUT2D eigenvalue weighted by molar-refractivity contribution is 7.80. The second-order valence-corrected chi connectivity index (χ2v) is 6.31. The molecule has 0 radical (unpaired) electrons. The topological polar surface area (TPSA) is 23.5 Å². The maximum Gasteiger partial charge on any atom is 0.0632 e. The Kier molecular flexibility index (Phi) is 5.31. The van der Waals surface area contributed by atoms with Gasteiger partial charge in [0.1, 0.15) is 0 Å². The fourth-order valence-corrected chi connectivity index (χ4v) is 3.13. The number of likely N-dealkylation sites (tertiary alicyclic amines) is 1. The summed E-state index contributed by atoms with van der Waals surface area (Å²) in [6.07, 6.45) is 2.88. The summed E-state index contributed by atoms with van der Waals surface area (Å²) >= 11 is 4.51. The first kappa shape index (κ1) is 14.9. The van der Waals surface area contributed by atoms with E-state index in [2.05, 4.69) is 47.9 Å². The van der Waals surface area contributed by atoms with Crippen LogP contribution in [0.15, 0.2) is 30.3 Å². The molecule has 0 bridgehead atoms. The van der Waals surface area contributed by atoms with Crippen molar-refractivity contribution in [3.05, 3.63) is 35.9 Å². The predicted molar refractivity (Wildman–Crippen MR) is 84.0 cm³/mol. The van der Waals surface area contributed by atoms with Crippen LogP contribution in [0.25, 0.3) is 0 Å². The Morgan fingerprint density at radius 2 is 2.00 bits per heavy atom. The lowest BCUT2D eigenvalue weighted by Crippen LogP contribution is -2.32. The first-order valence-electron chi connectivity index (χ1n) is 7.21. The molecule has 1 fully saturated rings. The molecule has 3 heteroatoms. The number of rotatable bonds is 4. The van der Waals surface area contributed by atoms with Gasteiger partial charge in [-0.15, -0.1) is 0 Å². The van der Waals surface area contributed by atoms with Gasteiger partial charge in [-0.2, -0.15) is 12.6 Å². The molecule has 0 aromatic heterocycles. The van der Waals surface area contributed by atoms with E-state index < -0.39 is 5.60 Å². The molecule has 1 heterocycles. The molecule has 1 aliphatic rings. The molecule has 1 aromatic rings. The van der Waals surface area contributed by atoms with Gasteiger partial charge in [0.25, 0.3) is 0 Å². The van der Waals surface area contributed by atoms with Crippen LogP contribution in [0.5, 0.6) is 0 Å². The Balaban J connectivity index is 1.95. The highest BCUT2D eigenvalue weighted by Gasteiger charge is 2.26. The summed E-state index contributed by atoms with van der Waals surface area (Å²) in [6, 6.07) is 10.6. The second kappa shape index (κ2) is 6.78. The number of benzene rings is 1. The molecule has 2 atom stereocenters. The van der Waals surface area contributed by atoms with Crippen LogP contribution in [-0.2, 0) is 0 Å². The highest BCUT2D eigenvalue weighted by atomic mass is 32.1. The molecule has 106 valence electrons. The zero-order valence-electron chi connectivity index (χ0n) is 11.8. The maximum atomic E-state index is 10.1. The Hall–Kier alpha value is -0.510. The van der Waals surface area contributed by atoms with Crippen molar-refractivity contribution in [2.45, 2.75) is 37.7 Å². The van der Waals surface area contributed by atoms with E-state index in [-0.39, 0.29) is 0 Å². The van der Waals surface area contributed by atoms with E-state index in [9.17, 15) is 5.11 Å². The molecule has 1 N–H and O–H groups in total. The molecular weight excluding hydrogens is 254 g/mol. The Bertz CT molecular complexity index is 380. The average Bonchev–Trinajstić information content (AvgIpc) is 2.58. The van der Waals surface area contributed by atoms with Gasteiger partial charge < -0.3 is 10.0 Å². The van der Waals surface area contributed by atoms with Gasteiger partial charge in [-0.25, -0.2) is 0 Å². The average molecular weight is 279 g/mol. The van der Waals surface area contributed by atoms with Gasteiger partial charge in [0.15, 0.2) is 0 Å². The minimum atomic E-state index is -0.474. The van der Waals surface area contributed by atoms with Crippen molar-refractivity contribution in [3.63, 3.8) is 0 Å². The van der Waals surface area contributed by atoms with E-state index in [1.807, 2.05) is 6.92 Å². The number of aliphatic hydroxyl groups is 1. The van der Waals surface area contributed by atoms with E-state index in [0.29, 0.717) is 5.92 Å². The van der Waals surface area contributed by atoms with Gasteiger partial charge in [0.05, 0.1) is 5.60 Å². The Labute approximate surface area is 122 Å². The van der Waals surface area contributed by atoms with Crippen molar-refractivity contribution in [2.75, 3.05) is 25.4 Å². The van der Waals surface area contributed by atoms with Crippen molar-refractivity contribution < 1.29 is 5.11 Å². The van der Waals surface area contributed by atoms with Crippen LogP contribution in [0.2, 0.25) is 0 Å². The highest BCUT2D eigenvalue weighted by Crippen LogP contribution is 2.24. The normalized spacial score (nSPS) is 26.9. The minimum Gasteiger partial charge on any atom is -0.390 e. The molecule has 19 heavy (non-hydrogen) atoms. The van der Waals surface area contributed by atoms with Crippen LogP contribution in [0.3, 0.4) is 0 Å². The van der Waals surface area contributed by atoms with Crippen molar-refractivity contribution in [2.24, 2.45) is 0 Å². The van der Waals surface area contributed by atoms with E-state index >= 15 is 0 Å². The lowest BCUT2D eigenvalue weighted by atomic mass is 9.98.